The topological polar surface area (TPSA) is 23.8 Å². The van der Waals surface area contributed by atoms with Gasteiger partial charge in [0.15, 0.2) is 0 Å². The summed E-state index contributed by atoms with van der Waals surface area (Å²) in [6.07, 6.45) is 8.70. The van der Waals surface area contributed by atoms with E-state index in [-0.39, 0.29) is 0 Å². The Morgan fingerprint density at radius 2 is 1.72 bits per heavy atom. The van der Waals surface area contributed by atoms with Crippen LogP contribution in [0.3, 0.4) is 0 Å². The molecular weight excluding hydrogens is 238 g/mol. The third-order valence-corrected chi connectivity index (χ3v) is 6.90. The van der Waals surface area contributed by atoms with Crippen molar-refractivity contribution in [2.75, 3.05) is 0 Å². The molecule has 4 aliphatic rings. The number of rotatable bonds is 1. The molecule has 1 aromatic rings. The average molecular weight is 257 g/mol. The Kier molecular flexibility index (Phi) is 2.21. The number of nitriles is 1. The molecule has 0 aliphatic heterocycles. The van der Waals surface area contributed by atoms with Crippen molar-refractivity contribution >= 4 is 11.3 Å². The highest BCUT2D eigenvalue weighted by atomic mass is 32.1. The van der Waals surface area contributed by atoms with Crippen LogP contribution in [0.15, 0.2) is 6.07 Å². The van der Waals surface area contributed by atoms with E-state index in [2.05, 4.69) is 19.1 Å². The summed E-state index contributed by atoms with van der Waals surface area (Å²) in [5.41, 5.74) is 1.39. The van der Waals surface area contributed by atoms with Crippen LogP contribution in [-0.4, -0.2) is 0 Å². The van der Waals surface area contributed by atoms with E-state index in [1.165, 1.54) is 48.3 Å². The van der Waals surface area contributed by atoms with E-state index in [0.717, 1.165) is 23.3 Å². The van der Waals surface area contributed by atoms with Gasteiger partial charge in [-0.2, -0.15) is 5.26 Å². The highest BCUT2D eigenvalue weighted by Gasteiger charge is 2.52. The van der Waals surface area contributed by atoms with Crippen LogP contribution in [0.1, 0.15) is 53.8 Å². The van der Waals surface area contributed by atoms with Gasteiger partial charge in [0.25, 0.3) is 0 Å². The van der Waals surface area contributed by atoms with Crippen molar-refractivity contribution in [2.24, 2.45) is 17.8 Å². The second-order valence-electron chi connectivity index (χ2n) is 6.89. The van der Waals surface area contributed by atoms with Crippen molar-refractivity contribution in [2.45, 2.75) is 50.9 Å². The summed E-state index contributed by atoms with van der Waals surface area (Å²) in [5, 5.41) is 9.17. The van der Waals surface area contributed by atoms with Crippen molar-refractivity contribution in [3.8, 4) is 6.07 Å². The molecule has 4 fully saturated rings. The van der Waals surface area contributed by atoms with Crippen molar-refractivity contribution in [1.82, 2.24) is 0 Å². The van der Waals surface area contributed by atoms with Gasteiger partial charge in [0, 0.05) is 15.2 Å². The van der Waals surface area contributed by atoms with Crippen molar-refractivity contribution in [1.29, 1.82) is 5.26 Å². The quantitative estimate of drug-likeness (QED) is 0.731. The van der Waals surface area contributed by atoms with E-state index in [9.17, 15) is 5.26 Å². The molecule has 4 aliphatic carbocycles. The number of aryl methyl sites for hydroxylation is 1. The van der Waals surface area contributed by atoms with Crippen LogP contribution in [0.4, 0.5) is 0 Å². The first-order valence-electron chi connectivity index (χ1n) is 7.19. The first-order chi connectivity index (χ1) is 8.68. The number of thiophene rings is 1. The Morgan fingerprint density at radius 3 is 2.17 bits per heavy atom. The standard InChI is InChI=1S/C16H19NS/c1-10-14(9-17)5-15(18-10)16-6-11-2-12(7-16)4-13(3-11)8-16/h5,11-13H,2-4,6-8H2,1H3. The average Bonchev–Trinajstić information content (AvgIpc) is 2.69. The zero-order chi connectivity index (χ0) is 12.3. The largest absolute Gasteiger partial charge is 0.192 e. The SMILES string of the molecule is Cc1sc(C23CC4CC(CC(C4)C2)C3)cc1C#N. The molecule has 1 aromatic heterocycles. The molecule has 5 rings (SSSR count). The van der Waals surface area contributed by atoms with Crippen LogP contribution in [0.5, 0.6) is 0 Å². The monoisotopic (exact) mass is 257 g/mol. The zero-order valence-electron chi connectivity index (χ0n) is 10.9. The molecule has 0 N–H and O–H groups in total. The fourth-order valence-corrected chi connectivity index (χ4v) is 6.45. The summed E-state index contributed by atoms with van der Waals surface area (Å²) < 4.78 is 0. The maximum atomic E-state index is 9.17. The number of nitrogens with zero attached hydrogens (tertiary/aromatic N) is 1. The fourth-order valence-electron chi connectivity index (χ4n) is 5.27. The van der Waals surface area contributed by atoms with E-state index in [0.29, 0.717) is 5.41 Å². The molecule has 0 unspecified atom stereocenters. The van der Waals surface area contributed by atoms with Gasteiger partial charge in [-0.3, -0.25) is 0 Å². The third kappa shape index (κ3) is 1.43. The molecule has 18 heavy (non-hydrogen) atoms. The predicted octanol–water partition coefficient (Wildman–Crippen LogP) is 4.40. The Balaban J connectivity index is 1.77. The number of hydrogen-bond acceptors (Lipinski definition) is 2. The molecule has 4 saturated carbocycles. The molecule has 4 bridgehead atoms. The molecule has 2 heteroatoms. The van der Waals surface area contributed by atoms with Gasteiger partial charge in [-0.1, -0.05) is 0 Å². The molecule has 94 valence electrons. The summed E-state index contributed by atoms with van der Waals surface area (Å²) >= 11 is 1.90. The Hall–Kier alpha value is -0.810. The molecule has 0 aromatic carbocycles. The Labute approximate surface area is 113 Å². The summed E-state index contributed by atoms with van der Waals surface area (Å²) in [4.78, 5) is 2.76. The van der Waals surface area contributed by atoms with E-state index < -0.39 is 0 Å². The first kappa shape index (κ1) is 11.1. The lowest BCUT2D eigenvalue weighted by atomic mass is 9.49. The normalized spacial score (nSPS) is 41.0. The van der Waals surface area contributed by atoms with Gasteiger partial charge in [-0.25, -0.2) is 0 Å². The van der Waals surface area contributed by atoms with Gasteiger partial charge in [0.1, 0.15) is 6.07 Å². The zero-order valence-corrected chi connectivity index (χ0v) is 11.7. The van der Waals surface area contributed by atoms with Crippen LogP contribution < -0.4 is 0 Å². The molecule has 0 atom stereocenters. The van der Waals surface area contributed by atoms with Gasteiger partial charge in [-0.05, 0) is 69.3 Å². The molecular formula is C16H19NS. The molecule has 1 heterocycles. The Bertz CT molecular complexity index is 498. The highest BCUT2D eigenvalue weighted by molar-refractivity contribution is 7.12. The van der Waals surface area contributed by atoms with Crippen LogP contribution in [-0.2, 0) is 5.41 Å². The lowest BCUT2D eigenvalue weighted by Gasteiger charge is -2.56. The van der Waals surface area contributed by atoms with Crippen molar-refractivity contribution in [3.63, 3.8) is 0 Å². The minimum absolute atomic E-state index is 0.472. The number of hydrogen-bond donors (Lipinski definition) is 0. The second kappa shape index (κ2) is 3.61. The molecule has 0 amide bonds. The van der Waals surface area contributed by atoms with Gasteiger partial charge in [0.2, 0.25) is 0 Å². The molecule has 1 nitrogen and oxygen atoms in total. The van der Waals surface area contributed by atoms with Crippen molar-refractivity contribution < 1.29 is 0 Å². The van der Waals surface area contributed by atoms with Crippen LogP contribution >= 0.6 is 11.3 Å². The lowest BCUT2D eigenvalue weighted by molar-refractivity contribution is -0.00347. The van der Waals surface area contributed by atoms with Gasteiger partial charge in [-0.15, -0.1) is 11.3 Å². The highest BCUT2D eigenvalue weighted by Crippen LogP contribution is 2.61. The first-order valence-corrected chi connectivity index (χ1v) is 8.01. The van der Waals surface area contributed by atoms with Crippen LogP contribution in [0.25, 0.3) is 0 Å². The minimum atomic E-state index is 0.472. The molecule has 0 saturated heterocycles. The Morgan fingerprint density at radius 1 is 1.17 bits per heavy atom. The minimum Gasteiger partial charge on any atom is -0.192 e. The van der Waals surface area contributed by atoms with Gasteiger partial charge < -0.3 is 0 Å². The van der Waals surface area contributed by atoms with Crippen molar-refractivity contribution in [3.05, 3.63) is 21.4 Å². The summed E-state index contributed by atoms with van der Waals surface area (Å²) in [6, 6.07) is 4.57. The third-order valence-electron chi connectivity index (χ3n) is 5.60. The smallest absolute Gasteiger partial charge is 0.100 e. The second-order valence-corrected chi connectivity index (χ2v) is 8.15. The lowest BCUT2D eigenvalue weighted by Crippen LogP contribution is -2.48. The predicted molar refractivity (Wildman–Crippen MR) is 73.6 cm³/mol. The van der Waals surface area contributed by atoms with E-state index in [1.807, 2.05) is 11.3 Å². The molecule has 0 spiro atoms. The fraction of sp³-hybridized carbons (Fsp3) is 0.688. The molecule has 0 radical (unpaired) electrons. The maximum absolute atomic E-state index is 9.17. The van der Waals surface area contributed by atoms with Gasteiger partial charge in [0.05, 0.1) is 5.56 Å². The summed E-state index contributed by atoms with van der Waals surface area (Å²) in [7, 11) is 0. The van der Waals surface area contributed by atoms with Crippen LogP contribution in [0.2, 0.25) is 0 Å². The van der Waals surface area contributed by atoms with E-state index >= 15 is 0 Å². The van der Waals surface area contributed by atoms with Gasteiger partial charge >= 0.3 is 0 Å². The maximum Gasteiger partial charge on any atom is 0.100 e. The van der Waals surface area contributed by atoms with E-state index in [1.54, 1.807) is 0 Å². The van der Waals surface area contributed by atoms with E-state index in [4.69, 9.17) is 0 Å². The summed E-state index contributed by atoms with van der Waals surface area (Å²) in [6.45, 7) is 2.10. The summed E-state index contributed by atoms with van der Waals surface area (Å²) in [5.74, 6) is 2.97. The van der Waals surface area contributed by atoms with Crippen LogP contribution in [0, 0.1) is 36.0 Å².